The number of pyridine rings is 1. The molecule has 0 atom stereocenters. The third-order valence-electron chi connectivity index (χ3n) is 2.21. The lowest BCUT2D eigenvalue weighted by Crippen LogP contribution is -2.08. The Labute approximate surface area is 110 Å². The molecule has 0 spiro atoms. The molecule has 0 saturated heterocycles. The Bertz CT molecular complexity index is 643. The van der Waals surface area contributed by atoms with E-state index in [0.29, 0.717) is 6.20 Å². The van der Waals surface area contributed by atoms with Crippen LogP contribution in [0.5, 0.6) is 0 Å². The second-order valence-electron chi connectivity index (χ2n) is 3.56. The number of hydrogen-bond acceptors (Lipinski definition) is 4. The predicted octanol–water partition coefficient (Wildman–Crippen LogP) is 2.27. The molecule has 0 fully saturated rings. The first-order chi connectivity index (χ1) is 8.90. The maximum absolute atomic E-state index is 12.4. The third-order valence-corrected chi connectivity index (χ3v) is 2.54. The minimum absolute atomic E-state index is 0.0334. The van der Waals surface area contributed by atoms with Crippen molar-refractivity contribution in [1.82, 2.24) is 20.0 Å². The van der Waals surface area contributed by atoms with Gasteiger partial charge in [0.15, 0.2) is 5.69 Å². The Hall–Kier alpha value is -2.14. The van der Waals surface area contributed by atoms with Gasteiger partial charge in [0.1, 0.15) is 6.07 Å². The van der Waals surface area contributed by atoms with Crippen LogP contribution in [0.3, 0.4) is 0 Å². The molecule has 9 heteroatoms. The number of nitriles is 1. The molecule has 0 aliphatic rings. The van der Waals surface area contributed by atoms with E-state index < -0.39 is 11.7 Å². The number of nitrogens with zero attached hydrogens (tertiary/aromatic N) is 5. The van der Waals surface area contributed by atoms with Gasteiger partial charge in [0.05, 0.1) is 29.0 Å². The minimum atomic E-state index is -4.49. The molecule has 0 saturated carbocycles. The molecule has 0 aromatic carbocycles. The molecule has 2 rings (SSSR count). The number of aromatic nitrogens is 4. The molecule has 0 radical (unpaired) electrons. The number of rotatable bonds is 2. The van der Waals surface area contributed by atoms with E-state index in [9.17, 15) is 13.2 Å². The lowest BCUT2D eigenvalue weighted by molar-refractivity contribution is -0.137. The van der Waals surface area contributed by atoms with Gasteiger partial charge in [-0.1, -0.05) is 16.8 Å². The van der Waals surface area contributed by atoms with Crippen molar-refractivity contribution < 1.29 is 13.2 Å². The zero-order valence-electron chi connectivity index (χ0n) is 9.19. The van der Waals surface area contributed by atoms with E-state index in [1.165, 1.54) is 10.9 Å². The van der Waals surface area contributed by atoms with Gasteiger partial charge in [-0.25, -0.2) is 4.68 Å². The third kappa shape index (κ3) is 3.00. The van der Waals surface area contributed by atoms with E-state index in [-0.39, 0.29) is 23.0 Å². The number of hydrogen-bond donors (Lipinski definition) is 0. The van der Waals surface area contributed by atoms with Crippen LogP contribution in [0.25, 0.3) is 0 Å². The Morgan fingerprint density at radius 2 is 2.16 bits per heavy atom. The maximum atomic E-state index is 12.4. The fourth-order valence-corrected chi connectivity index (χ4v) is 1.54. The zero-order valence-corrected chi connectivity index (χ0v) is 9.94. The van der Waals surface area contributed by atoms with Gasteiger partial charge in [0.25, 0.3) is 0 Å². The van der Waals surface area contributed by atoms with Crippen LogP contribution < -0.4 is 0 Å². The van der Waals surface area contributed by atoms with Crippen LogP contribution in [0.1, 0.15) is 17.0 Å². The van der Waals surface area contributed by atoms with Gasteiger partial charge in [-0.15, -0.1) is 5.10 Å². The Kier molecular flexibility index (Phi) is 3.40. The second kappa shape index (κ2) is 4.85. The summed E-state index contributed by atoms with van der Waals surface area (Å²) in [5.41, 5.74) is -0.607. The first-order valence-corrected chi connectivity index (χ1v) is 5.30. The van der Waals surface area contributed by atoms with Gasteiger partial charge >= 0.3 is 6.18 Å². The normalized spacial score (nSPS) is 11.3. The van der Waals surface area contributed by atoms with Crippen LogP contribution in [-0.2, 0) is 12.7 Å². The van der Waals surface area contributed by atoms with Gasteiger partial charge in [0.2, 0.25) is 0 Å². The quantitative estimate of drug-likeness (QED) is 0.850. The average Bonchev–Trinajstić information content (AvgIpc) is 2.78. The number of halogens is 4. The van der Waals surface area contributed by atoms with Gasteiger partial charge in [-0.3, -0.25) is 4.98 Å². The van der Waals surface area contributed by atoms with Gasteiger partial charge in [-0.05, 0) is 6.07 Å². The summed E-state index contributed by atoms with van der Waals surface area (Å²) in [4.78, 5) is 3.65. The van der Waals surface area contributed by atoms with Crippen LogP contribution in [0, 0.1) is 11.3 Å². The lowest BCUT2D eigenvalue weighted by atomic mass is 10.2. The van der Waals surface area contributed by atoms with Crippen molar-refractivity contribution in [3.8, 4) is 6.07 Å². The Morgan fingerprint density at radius 3 is 2.68 bits per heavy atom. The van der Waals surface area contributed by atoms with Crippen LogP contribution in [-0.4, -0.2) is 20.0 Å². The SMILES string of the molecule is N#Cc1cn(Cc2ncc(C(F)(F)F)cc2Cl)nn1. The van der Waals surface area contributed by atoms with Gasteiger partial charge in [0, 0.05) is 6.20 Å². The summed E-state index contributed by atoms with van der Waals surface area (Å²) in [6.07, 6.45) is -2.45. The highest BCUT2D eigenvalue weighted by molar-refractivity contribution is 6.31. The summed E-state index contributed by atoms with van der Waals surface area (Å²) >= 11 is 5.74. The summed E-state index contributed by atoms with van der Waals surface area (Å²) in [5, 5.41) is 15.6. The predicted molar refractivity (Wildman–Crippen MR) is 58.1 cm³/mol. The van der Waals surface area contributed by atoms with E-state index in [1.807, 2.05) is 0 Å². The van der Waals surface area contributed by atoms with E-state index >= 15 is 0 Å². The molecular weight excluding hydrogens is 283 g/mol. The van der Waals surface area contributed by atoms with Crippen LogP contribution in [0.15, 0.2) is 18.5 Å². The topological polar surface area (TPSA) is 67.4 Å². The highest BCUT2D eigenvalue weighted by Gasteiger charge is 2.31. The summed E-state index contributed by atoms with van der Waals surface area (Å²) < 4.78 is 38.5. The summed E-state index contributed by atoms with van der Waals surface area (Å²) in [6.45, 7) is 0.0334. The van der Waals surface area contributed by atoms with E-state index in [1.54, 1.807) is 6.07 Å². The van der Waals surface area contributed by atoms with Crippen molar-refractivity contribution in [3.63, 3.8) is 0 Å². The molecule has 2 aromatic rings. The molecule has 5 nitrogen and oxygen atoms in total. The molecule has 2 aromatic heterocycles. The fourth-order valence-electron chi connectivity index (χ4n) is 1.32. The Balaban J connectivity index is 2.25. The van der Waals surface area contributed by atoms with E-state index in [4.69, 9.17) is 16.9 Å². The molecule has 0 amide bonds. The standard InChI is InChI=1S/C10H5ClF3N5/c11-8-1-6(10(12,13)14)3-16-9(8)5-19-4-7(2-15)17-18-19/h1,3-4H,5H2. The molecule has 98 valence electrons. The smallest absolute Gasteiger partial charge is 0.257 e. The van der Waals surface area contributed by atoms with E-state index in [0.717, 1.165) is 6.07 Å². The van der Waals surface area contributed by atoms with Crippen molar-refractivity contribution in [2.75, 3.05) is 0 Å². The average molecular weight is 288 g/mol. The molecule has 2 heterocycles. The van der Waals surface area contributed by atoms with Crippen molar-refractivity contribution in [2.24, 2.45) is 0 Å². The van der Waals surface area contributed by atoms with Crippen LogP contribution in [0.2, 0.25) is 5.02 Å². The fraction of sp³-hybridized carbons (Fsp3) is 0.200. The molecule has 0 aliphatic carbocycles. The summed E-state index contributed by atoms with van der Waals surface area (Å²) in [5.74, 6) is 0. The monoisotopic (exact) mass is 287 g/mol. The van der Waals surface area contributed by atoms with Crippen LogP contribution >= 0.6 is 11.6 Å². The molecule has 0 N–H and O–H groups in total. The highest BCUT2D eigenvalue weighted by Crippen LogP contribution is 2.31. The molecule has 0 aliphatic heterocycles. The largest absolute Gasteiger partial charge is 0.417 e. The maximum Gasteiger partial charge on any atom is 0.417 e. The second-order valence-corrected chi connectivity index (χ2v) is 3.97. The van der Waals surface area contributed by atoms with Crippen molar-refractivity contribution in [3.05, 3.63) is 40.4 Å². The molecule has 19 heavy (non-hydrogen) atoms. The first kappa shape index (κ1) is 13.3. The van der Waals surface area contributed by atoms with Gasteiger partial charge < -0.3 is 0 Å². The van der Waals surface area contributed by atoms with Crippen molar-refractivity contribution >= 4 is 11.6 Å². The zero-order chi connectivity index (χ0) is 14.0. The Morgan fingerprint density at radius 1 is 1.42 bits per heavy atom. The molecule has 0 unspecified atom stereocenters. The van der Waals surface area contributed by atoms with Crippen molar-refractivity contribution in [2.45, 2.75) is 12.7 Å². The summed E-state index contributed by atoms with van der Waals surface area (Å²) in [6, 6.07) is 2.58. The lowest BCUT2D eigenvalue weighted by Gasteiger charge is -2.08. The highest BCUT2D eigenvalue weighted by atomic mass is 35.5. The van der Waals surface area contributed by atoms with Crippen LogP contribution in [0.4, 0.5) is 13.2 Å². The van der Waals surface area contributed by atoms with E-state index in [2.05, 4.69) is 15.3 Å². The first-order valence-electron chi connectivity index (χ1n) is 4.92. The summed E-state index contributed by atoms with van der Waals surface area (Å²) in [7, 11) is 0. The van der Waals surface area contributed by atoms with Crippen molar-refractivity contribution in [1.29, 1.82) is 5.26 Å². The number of alkyl halides is 3. The van der Waals surface area contributed by atoms with Gasteiger partial charge in [-0.2, -0.15) is 18.4 Å². The molecule has 0 bridgehead atoms. The molecular formula is C10H5ClF3N5. The minimum Gasteiger partial charge on any atom is -0.257 e.